The molecule has 148 valence electrons. The van der Waals surface area contributed by atoms with Gasteiger partial charge in [-0.1, -0.05) is 29.1 Å². The van der Waals surface area contributed by atoms with Crippen LogP contribution < -0.4 is 4.90 Å². The summed E-state index contributed by atoms with van der Waals surface area (Å²) < 4.78 is 1.28. The molecule has 7 heteroatoms. The largest absolute Gasteiger partial charge is 0.340 e. The standard InChI is InChI=1S/C21H25IN4OS/c22-17-6-7-21-19(16-17)26(18-4-1-2-5-20(18)28-21)10-3-9-24-12-14-25(15-13-24)11-8-23-27/h1-2,4-7,16H,3,8-15H2. The highest BCUT2D eigenvalue weighted by atomic mass is 127. The molecule has 2 aromatic carbocycles. The fraction of sp³-hybridized carbons (Fsp3) is 0.429. The van der Waals surface area contributed by atoms with Crippen LogP contribution in [0.25, 0.3) is 0 Å². The fourth-order valence-electron chi connectivity index (χ4n) is 3.91. The Labute approximate surface area is 184 Å². The number of hydrogen-bond acceptors (Lipinski definition) is 6. The molecule has 2 aliphatic heterocycles. The molecule has 0 unspecified atom stereocenters. The lowest BCUT2D eigenvalue weighted by Crippen LogP contribution is -2.47. The van der Waals surface area contributed by atoms with E-state index in [-0.39, 0.29) is 0 Å². The second kappa shape index (κ2) is 9.56. The first-order chi connectivity index (χ1) is 13.7. The number of benzene rings is 2. The first-order valence-corrected chi connectivity index (χ1v) is 11.7. The van der Waals surface area contributed by atoms with Gasteiger partial charge in [-0.2, -0.15) is 4.91 Å². The van der Waals surface area contributed by atoms with Gasteiger partial charge in [-0.3, -0.25) is 4.90 Å². The molecule has 0 radical (unpaired) electrons. The number of nitrogens with zero attached hydrogens (tertiary/aromatic N) is 4. The van der Waals surface area contributed by atoms with Gasteiger partial charge in [0, 0.05) is 52.6 Å². The van der Waals surface area contributed by atoms with E-state index in [0.29, 0.717) is 6.54 Å². The highest BCUT2D eigenvalue weighted by Gasteiger charge is 2.23. The van der Waals surface area contributed by atoms with Crippen LogP contribution in [0, 0.1) is 8.48 Å². The smallest absolute Gasteiger partial charge is 0.0938 e. The van der Waals surface area contributed by atoms with Gasteiger partial charge in [-0.05, 0) is 65.9 Å². The zero-order valence-corrected chi connectivity index (χ0v) is 18.9. The average Bonchev–Trinajstić information content (AvgIpc) is 2.73. The highest BCUT2D eigenvalue weighted by Crippen LogP contribution is 2.48. The lowest BCUT2D eigenvalue weighted by atomic mass is 10.2. The van der Waals surface area contributed by atoms with Crippen LogP contribution in [0.4, 0.5) is 11.4 Å². The number of fused-ring (bicyclic) bond motifs is 2. The molecule has 0 bridgehead atoms. The summed E-state index contributed by atoms with van der Waals surface area (Å²) in [6.07, 6.45) is 1.14. The van der Waals surface area contributed by atoms with Crippen LogP contribution in [0.15, 0.2) is 57.4 Å². The lowest BCUT2D eigenvalue weighted by molar-refractivity contribution is 0.135. The molecule has 2 heterocycles. The van der Waals surface area contributed by atoms with Crippen molar-refractivity contribution in [2.45, 2.75) is 16.2 Å². The molecule has 0 aromatic heterocycles. The van der Waals surface area contributed by atoms with E-state index in [0.717, 1.165) is 52.2 Å². The predicted octanol–water partition coefficient (Wildman–Crippen LogP) is 4.67. The summed E-state index contributed by atoms with van der Waals surface area (Å²) in [7, 11) is 0. The Bertz CT molecular complexity index is 826. The molecule has 2 aromatic rings. The van der Waals surface area contributed by atoms with Crippen LogP contribution in [-0.2, 0) is 0 Å². The van der Waals surface area contributed by atoms with Gasteiger partial charge in [0.25, 0.3) is 0 Å². The summed E-state index contributed by atoms with van der Waals surface area (Å²) in [5, 5.41) is 2.98. The first kappa shape index (κ1) is 20.1. The third-order valence-corrected chi connectivity index (χ3v) is 7.22. The van der Waals surface area contributed by atoms with Crippen LogP contribution in [-0.4, -0.2) is 62.2 Å². The zero-order valence-electron chi connectivity index (χ0n) is 15.9. The molecule has 0 spiro atoms. The molecule has 4 rings (SSSR count). The molecule has 0 saturated carbocycles. The summed E-state index contributed by atoms with van der Waals surface area (Å²) in [6.45, 7) is 7.60. The average molecular weight is 508 g/mol. The third-order valence-electron chi connectivity index (χ3n) is 5.42. The van der Waals surface area contributed by atoms with E-state index in [1.807, 2.05) is 11.8 Å². The van der Waals surface area contributed by atoms with Gasteiger partial charge in [-0.15, -0.1) is 0 Å². The minimum absolute atomic E-state index is 0.407. The number of rotatable bonds is 7. The van der Waals surface area contributed by atoms with Crippen molar-refractivity contribution >= 4 is 45.7 Å². The number of piperazine rings is 1. The van der Waals surface area contributed by atoms with Crippen molar-refractivity contribution in [1.29, 1.82) is 0 Å². The molecule has 0 N–H and O–H groups in total. The van der Waals surface area contributed by atoms with E-state index in [1.54, 1.807) is 0 Å². The molecule has 2 aliphatic rings. The quantitative estimate of drug-likeness (QED) is 0.402. The predicted molar refractivity (Wildman–Crippen MR) is 125 cm³/mol. The van der Waals surface area contributed by atoms with Gasteiger partial charge in [0.05, 0.1) is 17.9 Å². The van der Waals surface area contributed by atoms with Crippen LogP contribution in [0.1, 0.15) is 6.42 Å². The SMILES string of the molecule is O=NCCN1CCN(CCCN2c3ccccc3Sc3ccc(I)cc32)CC1. The molecule has 0 atom stereocenters. The van der Waals surface area contributed by atoms with Crippen molar-refractivity contribution in [3.05, 3.63) is 50.9 Å². The topological polar surface area (TPSA) is 39.2 Å². The maximum atomic E-state index is 10.3. The van der Waals surface area contributed by atoms with E-state index in [4.69, 9.17) is 0 Å². The molecule has 1 saturated heterocycles. The van der Waals surface area contributed by atoms with Crippen molar-refractivity contribution in [3.8, 4) is 0 Å². The van der Waals surface area contributed by atoms with Gasteiger partial charge in [-0.25, -0.2) is 0 Å². The van der Waals surface area contributed by atoms with Crippen molar-refractivity contribution < 1.29 is 0 Å². The normalized spacial score (nSPS) is 17.2. The summed E-state index contributed by atoms with van der Waals surface area (Å²) in [5.74, 6) is 0. The summed E-state index contributed by atoms with van der Waals surface area (Å²) >= 11 is 4.28. The maximum absolute atomic E-state index is 10.3. The van der Waals surface area contributed by atoms with E-state index in [1.165, 1.54) is 24.7 Å². The number of anilines is 2. The Morgan fingerprint density at radius 2 is 1.61 bits per heavy atom. The van der Waals surface area contributed by atoms with Crippen molar-refractivity contribution in [3.63, 3.8) is 0 Å². The highest BCUT2D eigenvalue weighted by molar-refractivity contribution is 14.1. The molecule has 5 nitrogen and oxygen atoms in total. The van der Waals surface area contributed by atoms with E-state index in [2.05, 4.69) is 84.9 Å². The van der Waals surface area contributed by atoms with Gasteiger partial charge < -0.3 is 9.80 Å². The number of hydrogen-bond donors (Lipinski definition) is 0. The second-order valence-corrected chi connectivity index (χ2v) is 9.55. The molecular weight excluding hydrogens is 483 g/mol. The lowest BCUT2D eigenvalue weighted by Gasteiger charge is -2.36. The van der Waals surface area contributed by atoms with Crippen LogP contribution >= 0.6 is 34.4 Å². The van der Waals surface area contributed by atoms with Crippen LogP contribution in [0.3, 0.4) is 0 Å². The first-order valence-electron chi connectivity index (χ1n) is 9.82. The molecule has 0 amide bonds. The fourth-order valence-corrected chi connectivity index (χ4v) is 5.47. The van der Waals surface area contributed by atoms with Crippen molar-refractivity contribution in [1.82, 2.24) is 9.80 Å². The van der Waals surface area contributed by atoms with Crippen molar-refractivity contribution in [2.24, 2.45) is 5.18 Å². The molecule has 28 heavy (non-hydrogen) atoms. The Morgan fingerprint density at radius 1 is 0.893 bits per heavy atom. The van der Waals surface area contributed by atoms with Gasteiger partial charge >= 0.3 is 0 Å². The Balaban J connectivity index is 1.38. The minimum atomic E-state index is 0.407. The number of para-hydroxylation sites is 1. The summed E-state index contributed by atoms with van der Waals surface area (Å²) in [5.41, 5.74) is 2.66. The Morgan fingerprint density at radius 3 is 2.39 bits per heavy atom. The van der Waals surface area contributed by atoms with Gasteiger partial charge in [0.2, 0.25) is 0 Å². The molecular formula is C21H25IN4OS. The second-order valence-electron chi connectivity index (χ2n) is 7.22. The number of nitroso groups, excluding NO2 is 1. The van der Waals surface area contributed by atoms with Crippen molar-refractivity contribution in [2.75, 3.05) is 57.3 Å². The van der Waals surface area contributed by atoms with Crippen LogP contribution in [0.5, 0.6) is 0 Å². The third kappa shape index (κ3) is 4.69. The van der Waals surface area contributed by atoms with E-state index < -0.39 is 0 Å². The minimum Gasteiger partial charge on any atom is -0.340 e. The van der Waals surface area contributed by atoms with E-state index >= 15 is 0 Å². The van der Waals surface area contributed by atoms with Gasteiger partial charge in [0.1, 0.15) is 0 Å². The van der Waals surface area contributed by atoms with Crippen LogP contribution in [0.2, 0.25) is 0 Å². The number of halogens is 1. The Hall–Kier alpha value is -1.16. The zero-order chi connectivity index (χ0) is 19.3. The Kier molecular flexibility index (Phi) is 6.87. The molecule has 1 fully saturated rings. The maximum Gasteiger partial charge on any atom is 0.0938 e. The summed E-state index contributed by atoms with van der Waals surface area (Å²) in [6, 6.07) is 15.5. The van der Waals surface area contributed by atoms with Gasteiger partial charge in [0.15, 0.2) is 0 Å². The summed E-state index contributed by atoms with van der Waals surface area (Å²) in [4.78, 5) is 20.4. The molecule has 0 aliphatic carbocycles. The van der Waals surface area contributed by atoms with E-state index in [9.17, 15) is 4.91 Å². The monoisotopic (exact) mass is 508 g/mol.